The van der Waals surface area contributed by atoms with E-state index in [0.29, 0.717) is 39.4 Å². The summed E-state index contributed by atoms with van der Waals surface area (Å²) < 4.78 is 59.5. The lowest BCUT2D eigenvalue weighted by atomic mass is 10.3. The standard InChI is InChI=1S/C20H32N4O6S2/c1-3-22(4-2)20(25)17-21-9-11-23(12-10-21)31(26,27)18-5-7-19(8-6-18)32(28,29)24-13-15-30-16-14-24/h5-8H,3-4,9-17H2,1-2H3. The van der Waals surface area contributed by atoms with Crippen LogP contribution in [-0.4, -0.2) is 113 Å². The Kier molecular flexibility index (Phi) is 8.28. The van der Waals surface area contributed by atoms with E-state index >= 15 is 0 Å². The lowest BCUT2D eigenvalue weighted by Crippen LogP contribution is -2.51. The summed E-state index contributed by atoms with van der Waals surface area (Å²) in [6, 6.07) is 5.38. The number of sulfonamides is 2. The van der Waals surface area contributed by atoms with Crippen molar-refractivity contribution < 1.29 is 26.4 Å². The summed E-state index contributed by atoms with van der Waals surface area (Å²) in [7, 11) is -7.42. The van der Waals surface area contributed by atoms with E-state index in [1.165, 1.54) is 32.9 Å². The quantitative estimate of drug-likeness (QED) is 0.502. The molecule has 180 valence electrons. The fourth-order valence-electron chi connectivity index (χ4n) is 3.86. The molecule has 2 fully saturated rings. The summed E-state index contributed by atoms with van der Waals surface area (Å²) in [5.41, 5.74) is 0. The first-order valence-corrected chi connectivity index (χ1v) is 13.8. The highest BCUT2D eigenvalue weighted by Crippen LogP contribution is 2.22. The van der Waals surface area contributed by atoms with Crippen LogP contribution in [0.2, 0.25) is 0 Å². The zero-order chi connectivity index (χ0) is 23.4. The van der Waals surface area contributed by atoms with Gasteiger partial charge in [-0.3, -0.25) is 9.69 Å². The lowest BCUT2D eigenvalue weighted by Gasteiger charge is -2.34. The SMILES string of the molecule is CCN(CC)C(=O)CN1CCN(S(=O)(=O)c2ccc(S(=O)(=O)N3CCOCC3)cc2)CC1. The van der Waals surface area contributed by atoms with Crippen molar-refractivity contribution in [2.24, 2.45) is 0 Å². The van der Waals surface area contributed by atoms with Gasteiger partial charge in [0, 0.05) is 52.4 Å². The van der Waals surface area contributed by atoms with Gasteiger partial charge in [0.1, 0.15) is 0 Å². The molecule has 0 spiro atoms. The molecule has 0 unspecified atom stereocenters. The van der Waals surface area contributed by atoms with Gasteiger partial charge in [-0.25, -0.2) is 16.8 Å². The molecule has 2 aliphatic heterocycles. The van der Waals surface area contributed by atoms with Crippen LogP contribution in [0.3, 0.4) is 0 Å². The number of hydrogen-bond donors (Lipinski definition) is 0. The fourth-order valence-corrected chi connectivity index (χ4v) is 6.69. The lowest BCUT2D eigenvalue weighted by molar-refractivity contribution is -0.132. The van der Waals surface area contributed by atoms with E-state index in [1.807, 2.05) is 18.7 Å². The van der Waals surface area contributed by atoms with Crippen LogP contribution in [0.5, 0.6) is 0 Å². The average Bonchev–Trinajstić information content (AvgIpc) is 2.81. The second-order valence-electron chi connectivity index (χ2n) is 7.73. The van der Waals surface area contributed by atoms with Crippen LogP contribution in [0.15, 0.2) is 34.1 Å². The highest BCUT2D eigenvalue weighted by molar-refractivity contribution is 7.89. The minimum absolute atomic E-state index is 0.0448. The van der Waals surface area contributed by atoms with Gasteiger partial charge in [-0.2, -0.15) is 8.61 Å². The molecule has 3 rings (SSSR count). The van der Waals surface area contributed by atoms with E-state index in [4.69, 9.17) is 4.74 Å². The summed E-state index contributed by atoms with van der Waals surface area (Å²) >= 11 is 0. The number of rotatable bonds is 8. The predicted octanol–water partition coefficient (Wildman–Crippen LogP) is -0.118. The summed E-state index contributed by atoms with van der Waals surface area (Å²) in [5, 5.41) is 0. The van der Waals surface area contributed by atoms with Crippen LogP contribution in [0.1, 0.15) is 13.8 Å². The molecule has 1 aromatic rings. The van der Waals surface area contributed by atoms with Crippen LogP contribution in [0.4, 0.5) is 0 Å². The maximum Gasteiger partial charge on any atom is 0.243 e. The van der Waals surface area contributed by atoms with Gasteiger partial charge in [0.25, 0.3) is 0 Å². The Morgan fingerprint density at radius 1 is 0.812 bits per heavy atom. The number of nitrogens with zero attached hydrogens (tertiary/aromatic N) is 4. The Hall–Kier alpha value is -1.57. The zero-order valence-corrected chi connectivity index (χ0v) is 20.3. The second kappa shape index (κ2) is 10.6. The van der Waals surface area contributed by atoms with Gasteiger partial charge in [0.05, 0.1) is 29.5 Å². The van der Waals surface area contributed by atoms with Crippen LogP contribution < -0.4 is 0 Å². The maximum absolute atomic E-state index is 13.0. The maximum atomic E-state index is 13.0. The number of piperazine rings is 1. The van der Waals surface area contributed by atoms with E-state index in [-0.39, 0.29) is 48.4 Å². The molecule has 12 heteroatoms. The molecule has 10 nitrogen and oxygen atoms in total. The monoisotopic (exact) mass is 488 g/mol. The minimum atomic E-state index is -3.74. The Balaban J connectivity index is 1.63. The number of likely N-dealkylation sites (N-methyl/N-ethyl adjacent to an activating group) is 1. The second-order valence-corrected chi connectivity index (χ2v) is 11.6. The predicted molar refractivity (Wildman–Crippen MR) is 119 cm³/mol. The van der Waals surface area contributed by atoms with E-state index in [9.17, 15) is 21.6 Å². The van der Waals surface area contributed by atoms with E-state index in [1.54, 1.807) is 4.90 Å². The first kappa shape index (κ1) is 25.1. The zero-order valence-electron chi connectivity index (χ0n) is 18.6. The van der Waals surface area contributed by atoms with Crippen molar-refractivity contribution in [3.63, 3.8) is 0 Å². The Morgan fingerprint density at radius 3 is 1.69 bits per heavy atom. The number of ether oxygens (including phenoxy) is 1. The van der Waals surface area contributed by atoms with Crippen molar-refractivity contribution in [2.45, 2.75) is 23.6 Å². The van der Waals surface area contributed by atoms with E-state index in [0.717, 1.165) is 0 Å². The van der Waals surface area contributed by atoms with Crippen LogP contribution in [0.25, 0.3) is 0 Å². The molecule has 0 N–H and O–H groups in total. The molecule has 0 radical (unpaired) electrons. The smallest absolute Gasteiger partial charge is 0.243 e. The number of morpholine rings is 1. The number of benzene rings is 1. The molecule has 0 aliphatic carbocycles. The molecule has 32 heavy (non-hydrogen) atoms. The first-order valence-electron chi connectivity index (χ1n) is 10.9. The van der Waals surface area contributed by atoms with Gasteiger partial charge < -0.3 is 9.64 Å². The largest absolute Gasteiger partial charge is 0.379 e. The number of hydrogen-bond acceptors (Lipinski definition) is 7. The van der Waals surface area contributed by atoms with Gasteiger partial charge in [-0.15, -0.1) is 0 Å². The van der Waals surface area contributed by atoms with E-state index < -0.39 is 20.0 Å². The van der Waals surface area contributed by atoms with Gasteiger partial charge in [-0.1, -0.05) is 0 Å². The average molecular weight is 489 g/mol. The van der Waals surface area contributed by atoms with Crippen molar-refractivity contribution in [3.8, 4) is 0 Å². The van der Waals surface area contributed by atoms with Crippen LogP contribution >= 0.6 is 0 Å². The third kappa shape index (κ3) is 5.49. The highest BCUT2D eigenvalue weighted by Gasteiger charge is 2.31. The topological polar surface area (TPSA) is 108 Å². The Labute approximate surface area is 190 Å². The summed E-state index contributed by atoms with van der Waals surface area (Å²) in [4.78, 5) is 16.1. The van der Waals surface area contributed by atoms with Crippen molar-refractivity contribution in [3.05, 3.63) is 24.3 Å². The molecule has 0 aromatic heterocycles. The van der Waals surface area contributed by atoms with Crippen molar-refractivity contribution in [2.75, 3.05) is 72.1 Å². The number of carbonyl (C=O) groups excluding carboxylic acids is 1. The molecule has 2 aliphatic rings. The normalized spacial score (nSPS) is 19.7. The molecular weight excluding hydrogens is 456 g/mol. The molecule has 2 saturated heterocycles. The highest BCUT2D eigenvalue weighted by atomic mass is 32.2. The molecule has 1 amide bonds. The van der Waals surface area contributed by atoms with Crippen LogP contribution in [-0.2, 0) is 29.6 Å². The van der Waals surface area contributed by atoms with Gasteiger partial charge in [-0.05, 0) is 38.1 Å². The molecule has 0 atom stereocenters. The third-order valence-electron chi connectivity index (χ3n) is 5.88. The Morgan fingerprint density at radius 2 is 1.25 bits per heavy atom. The molecule has 0 bridgehead atoms. The molecule has 2 heterocycles. The summed E-state index contributed by atoms with van der Waals surface area (Å²) in [6.45, 7) is 8.20. The molecule has 0 saturated carbocycles. The fraction of sp³-hybridized carbons (Fsp3) is 0.650. The summed E-state index contributed by atoms with van der Waals surface area (Å²) in [5.74, 6) is 0.0448. The Bertz CT molecular complexity index is 979. The van der Waals surface area contributed by atoms with Crippen molar-refractivity contribution >= 4 is 26.0 Å². The van der Waals surface area contributed by atoms with Crippen molar-refractivity contribution in [1.29, 1.82) is 0 Å². The summed E-state index contributed by atoms with van der Waals surface area (Å²) in [6.07, 6.45) is 0. The molecule has 1 aromatic carbocycles. The van der Waals surface area contributed by atoms with Gasteiger partial charge in [0.15, 0.2) is 0 Å². The number of carbonyl (C=O) groups is 1. The van der Waals surface area contributed by atoms with Crippen LogP contribution in [0, 0.1) is 0 Å². The van der Waals surface area contributed by atoms with Gasteiger partial charge >= 0.3 is 0 Å². The van der Waals surface area contributed by atoms with E-state index in [2.05, 4.69) is 0 Å². The molecular formula is C20H32N4O6S2. The van der Waals surface area contributed by atoms with Crippen molar-refractivity contribution in [1.82, 2.24) is 18.4 Å². The number of amides is 1. The first-order chi connectivity index (χ1) is 15.2. The third-order valence-corrected chi connectivity index (χ3v) is 9.70. The minimum Gasteiger partial charge on any atom is -0.379 e. The van der Waals surface area contributed by atoms with Gasteiger partial charge in [0.2, 0.25) is 26.0 Å².